The molecule has 4 N–H and O–H groups in total. The van der Waals surface area contributed by atoms with Crippen molar-refractivity contribution in [2.75, 3.05) is 43.1 Å². The Labute approximate surface area is 113 Å². The minimum Gasteiger partial charge on any atom is -0.373 e. The van der Waals surface area contributed by atoms with Crippen molar-refractivity contribution in [3.05, 3.63) is 6.07 Å². The average molecular weight is 266 g/mol. The number of anilines is 3. The molecular formula is C12H22N6O. The van der Waals surface area contributed by atoms with E-state index in [9.17, 15) is 4.79 Å². The number of nitrogens with one attached hydrogen (secondary N) is 2. The van der Waals surface area contributed by atoms with Crippen LogP contribution in [0.1, 0.15) is 13.8 Å². The first-order valence-corrected chi connectivity index (χ1v) is 6.22. The molecule has 1 aromatic rings. The van der Waals surface area contributed by atoms with Gasteiger partial charge in [0.25, 0.3) is 0 Å². The first-order valence-electron chi connectivity index (χ1n) is 6.22. The van der Waals surface area contributed by atoms with Gasteiger partial charge in [-0.25, -0.2) is 0 Å². The van der Waals surface area contributed by atoms with E-state index in [4.69, 9.17) is 5.73 Å². The molecule has 0 unspecified atom stereocenters. The quantitative estimate of drug-likeness (QED) is 0.685. The van der Waals surface area contributed by atoms with E-state index >= 15 is 0 Å². The summed E-state index contributed by atoms with van der Waals surface area (Å²) in [5, 5.41) is 5.75. The average Bonchev–Trinajstić information content (AvgIpc) is 2.35. The summed E-state index contributed by atoms with van der Waals surface area (Å²) in [6, 6.07) is 1.74. The van der Waals surface area contributed by atoms with Gasteiger partial charge in [-0.05, 0) is 5.92 Å². The Kier molecular flexibility index (Phi) is 5.35. The number of amides is 1. The Morgan fingerprint density at radius 3 is 2.74 bits per heavy atom. The van der Waals surface area contributed by atoms with Crippen LogP contribution in [0.4, 0.5) is 17.6 Å². The van der Waals surface area contributed by atoms with Gasteiger partial charge in [0, 0.05) is 26.7 Å². The zero-order valence-corrected chi connectivity index (χ0v) is 11.9. The smallest absolute Gasteiger partial charge is 0.239 e. The van der Waals surface area contributed by atoms with Crippen LogP contribution in [0.2, 0.25) is 0 Å². The van der Waals surface area contributed by atoms with E-state index in [1.165, 1.54) is 0 Å². The molecule has 0 aromatic carbocycles. The number of hydrogen-bond acceptors (Lipinski definition) is 6. The number of carbonyl (C=O) groups excluding carboxylic acids is 1. The lowest BCUT2D eigenvalue weighted by molar-refractivity contribution is -0.119. The van der Waals surface area contributed by atoms with Crippen molar-refractivity contribution >= 4 is 23.5 Å². The highest BCUT2D eigenvalue weighted by Gasteiger charge is 2.10. The molecule has 0 fully saturated rings. The third-order valence-corrected chi connectivity index (χ3v) is 2.47. The van der Waals surface area contributed by atoms with E-state index in [1.54, 1.807) is 25.1 Å². The molecule has 0 saturated heterocycles. The first kappa shape index (κ1) is 15.0. The highest BCUT2D eigenvalue weighted by Crippen LogP contribution is 2.14. The van der Waals surface area contributed by atoms with Crippen LogP contribution in [-0.4, -0.2) is 43.1 Å². The van der Waals surface area contributed by atoms with Crippen LogP contribution in [0.5, 0.6) is 0 Å². The maximum absolute atomic E-state index is 11.7. The number of nitrogen functional groups attached to an aromatic ring is 1. The molecule has 7 heteroatoms. The van der Waals surface area contributed by atoms with Gasteiger partial charge < -0.3 is 21.3 Å². The highest BCUT2D eigenvalue weighted by atomic mass is 16.2. The van der Waals surface area contributed by atoms with Gasteiger partial charge in [-0.3, -0.25) is 4.79 Å². The zero-order chi connectivity index (χ0) is 14.4. The Morgan fingerprint density at radius 2 is 2.16 bits per heavy atom. The molecule has 0 aliphatic heterocycles. The number of hydrogen-bond donors (Lipinski definition) is 3. The van der Waals surface area contributed by atoms with E-state index in [1.807, 2.05) is 13.8 Å². The lowest BCUT2D eigenvalue weighted by Gasteiger charge is -2.19. The van der Waals surface area contributed by atoms with E-state index in [0.29, 0.717) is 24.1 Å². The number of nitrogens with two attached hydrogens (primary N) is 1. The second-order valence-corrected chi connectivity index (χ2v) is 4.77. The molecule has 106 valence electrons. The van der Waals surface area contributed by atoms with Crippen LogP contribution in [-0.2, 0) is 4.79 Å². The van der Waals surface area contributed by atoms with Gasteiger partial charge in [0.15, 0.2) is 0 Å². The van der Waals surface area contributed by atoms with E-state index in [-0.39, 0.29) is 18.4 Å². The van der Waals surface area contributed by atoms with Crippen molar-refractivity contribution in [2.24, 2.45) is 5.92 Å². The van der Waals surface area contributed by atoms with Gasteiger partial charge in [-0.15, -0.1) is 0 Å². The molecule has 0 radical (unpaired) electrons. The second-order valence-electron chi connectivity index (χ2n) is 4.77. The largest absolute Gasteiger partial charge is 0.373 e. The molecule has 0 aliphatic carbocycles. The summed E-state index contributed by atoms with van der Waals surface area (Å²) >= 11 is 0. The molecule has 0 atom stereocenters. The summed E-state index contributed by atoms with van der Waals surface area (Å²) in [5.74, 6) is 1.80. The normalized spacial score (nSPS) is 10.4. The summed E-state index contributed by atoms with van der Waals surface area (Å²) in [6.07, 6.45) is 0. The lowest BCUT2D eigenvalue weighted by atomic mass is 10.2. The van der Waals surface area contributed by atoms with E-state index < -0.39 is 0 Å². The van der Waals surface area contributed by atoms with Crippen molar-refractivity contribution in [1.29, 1.82) is 0 Å². The first-order chi connectivity index (χ1) is 8.92. The summed E-state index contributed by atoms with van der Waals surface area (Å²) in [6.45, 7) is 5.00. The summed E-state index contributed by atoms with van der Waals surface area (Å²) in [7, 11) is 3.54. The molecule has 1 aromatic heterocycles. The highest BCUT2D eigenvalue weighted by molar-refractivity contribution is 5.81. The van der Waals surface area contributed by atoms with Crippen LogP contribution in [0.3, 0.4) is 0 Å². The molecule has 0 saturated carbocycles. The fourth-order valence-electron chi connectivity index (χ4n) is 1.45. The molecule has 0 spiro atoms. The van der Waals surface area contributed by atoms with Crippen molar-refractivity contribution in [3.8, 4) is 0 Å². The monoisotopic (exact) mass is 266 g/mol. The van der Waals surface area contributed by atoms with Gasteiger partial charge in [0.05, 0.1) is 6.54 Å². The number of carbonyl (C=O) groups is 1. The minimum atomic E-state index is -0.0422. The van der Waals surface area contributed by atoms with E-state index in [0.717, 1.165) is 0 Å². The molecule has 0 aliphatic rings. The topological polar surface area (TPSA) is 96.2 Å². The standard InChI is InChI=1S/C12H22N6O/c1-8(2)6-15-11(19)7-18(4)10-5-9(14-3)16-12(13)17-10/h5,8H,6-7H2,1-4H3,(H,15,19)(H3,13,14,16,17). The third-order valence-electron chi connectivity index (χ3n) is 2.47. The van der Waals surface area contributed by atoms with Gasteiger partial charge in [-0.2, -0.15) is 9.97 Å². The van der Waals surface area contributed by atoms with Crippen LogP contribution in [0.15, 0.2) is 6.07 Å². The molecule has 7 nitrogen and oxygen atoms in total. The van der Waals surface area contributed by atoms with Crippen LogP contribution in [0, 0.1) is 5.92 Å². The number of rotatable bonds is 6. The predicted octanol–water partition coefficient (Wildman–Crippen LogP) is 0.309. The maximum atomic E-state index is 11.7. The van der Waals surface area contributed by atoms with Gasteiger partial charge in [0.1, 0.15) is 11.6 Å². The maximum Gasteiger partial charge on any atom is 0.239 e. The summed E-state index contributed by atoms with van der Waals surface area (Å²) in [4.78, 5) is 21.6. The van der Waals surface area contributed by atoms with Gasteiger partial charge in [-0.1, -0.05) is 13.8 Å². The Morgan fingerprint density at radius 1 is 1.47 bits per heavy atom. The number of nitrogens with zero attached hydrogens (tertiary/aromatic N) is 3. The lowest BCUT2D eigenvalue weighted by Crippen LogP contribution is -2.37. The molecular weight excluding hydrogens is 244 g/mol. The Hall–Kier alpha value is -2.05. The zero-order valence-electron chi connectivity index (χ0n) is 11.9. The summed E-state index contributed by atoms with van der Waals surface area (Å²) in [5.41, 5.74) is 5.61. The summed E-state index contributed by atoms with van der Waals surface area (Å²) < 4.78 is 0. The van der Waals surface area contributed by atoms with E-state index in [2.05, 4.69) is 20.6 Å². The minimum absolute atomic E-state index is 0.0422. The molecule has 1 rings (SSSR count). The fourth-order valence-corrected chi connectivity index (χ4v) is 1.45. The van der Waals surface area contributed by atoms with Crippen molar-refractivity contribution in [3.63, 3.8) is 0 Å². The molecule has 0 bridgehead atoms. The molecule has 1 heterocycles. The molecule has 19 heavy (non-hydrogen) atoms. The molecule has 1 amide bonds. The van der Waals surface area contributed by atoms with Crippen LogP contribution in [0.25, 0.3) is 0 Å². The number of aromatic nitrogens is 2. The number of likely N-dealkylation sites (N-methyl/N-ethyl adjacent to an activating group) is 1. The van der Waals surface area contributed by atoms with Gasteiger partial charge in [0.2, 0.25) is 11.9 Å². The SMILES string of the molecule is CNc1cc(N(C)CC(=O)NCC(C)C)nc(N)n1. The van der Waals surface area contributed by atoms with Crippen molar-refractivity contribution in [1.82, 2.24) is 15.3 Å². The Bertz CT molecular complexity index is 434. The van der Waals surface area contributed by atoms with Crippen LogP contribution < -0.4 is 21.3 Å². The second kappa shape index (κ2) is 6.77. The fraction of sp³-hybridized carbons (Fsp3) is 0.583. The van der Waals surface area contributed by atoms with Crippen molar-refractivity contribution < 1.29 is 4.79 Å². The van der Waals surface area contributed by atoms with Gasteiger partial charge >= 0.3 is 0 Å². The third kappa shape index (κ3) is 4.99. The van der Waals surface area contributed by atoms with Crippen LogP contribution >= 0.6 is 0 Å². The van der Waals surface area contributed by atoms with Crippen molar-refractivity contribution in [2.45, 2.75) is 13.8 Å². The predicted molar refractivity (Wildman–Crippen MR) is 77.1 cm³/mol. The Balaban J connectivity index is 2.64.